The van der Waals surface area contributed by atoms with Crippen molar-refractivity contribution >= 4 is 11.9 Å². The van der Waals surface area contributed by atoms with E-state index in [1.165, 1.54) is 6.92 Å². The Kier molecular flexibility index (Phi) is 6.27. The average molecular weight is 352 g/mol. The van der Waals surface area contributed by atoms with Crippen LogP contribution in [0.3, 0.4) is 0 Å². The van der Waals surface area contributed by atoms with E-state index in [0.29, 0.717) is 0 Å². The maximum atomic E-state index is 11.4. The van der Waals surface area contributed by atoms with E-state index in [0.717, 1.165) is 6.92 Å². The molecule has 9 N–H and O–H groups in total. The average Bonchev–Trinajstić information content (AvgIpc) is 2.49. The fourth-order valence-corrected chi connectivity index (χ4v) is 2.91. The first-order valence-electron chi connectivity index (χ1n) is 7.31. The van der Waals surface area contributed by atoms with Gasteiger partial charge < -0.3 is 46.4 Å². The molecule has 1 amide bonds. The smallest absolute Gasteiger partial charge is 0.364 e. The number of aliphatic carboxylic acids is 1. The van der Waals surface area contributed by atoms with Gasteiger partial charge in [0.25, 0.3) is 5.79 Å². The summed E-state index contributed by atoms with van der Waals surface area (Å²) in [6, 6.07) is 0. The highest BCUT2D eigenvalue weighted by atomic mass is 16.7. The summed E-state index contributed by atoms with van der Waals surface area (Å²) in [7, 11) is 0. The van der Waals surface area contributed by atoms with Crippen molar-refractivity contribution in [2.24, 2.45) is 11.7 Å². The molecule has 1 fully saturated rings. The third-order valence-corrected chi connectivity index (χ3v) is 4.18. The number of carbonyl (C=O) groups is 2. The largest absolute Gasteiger partial charge is 0.477 e. The predicted molar refractivity (Wildman–Crippen MR) is 77.1 cm³/mol. The fraction of sp³-hybridized carbons (Fsp3) is 0.846. The summed E-state index contributed by atoms with van der Waals surface area (Å²) in [5.74, 6) is -6.93. The number of nitrogens with two attached hydrogens (primary N) is 1. The SMILES string of the molecule is CCC1[C@H](O)[C@](N)(NC(C)=O)[C@H]([C@H](O)[C@H](O)CO)OC1(O)C(=O)O. The van der Waals surface area contributed by atoms with Crippen molar-refractivity contribution in [1.82, 2.24) is 5.32 Å². The van der Waals surface area contributed by atoms with Crippen LogP contribution in [0, 0.1) is 5.92 Å². The van der Waals surface area contributed by atoms with Crippen LogP contribution >= 0.6 is 0 Å². The van der Waals surface area contributed by atoms with Crippen LogP contribution in [-0.4, -0.2) is 85.0 Å². The Hall–Kier alpha value is -1.34. The molecular weight excluding hydrogens is 328 g/mol. The lowest BCUT2D eigenvalue weighted by molar-refractivity contribution is -0.336. The van der Waals surface area contributed by atoms with Crippen LogP contribution in [0.25, 0.3) is 0 Å². The summed E-state index contributed by atoms with van der Waals surface area (Å²) >= 11 is 0. The number of amides is 1. The highest BCUT2D eigenvalue weighted by Gasteiger charge is 2.64. The van der Waals surface area contributed by atoms with Crippen molar-refractivity contribution < 1.29 is 45.0 Å². The standard InChI is InChI=1S/C13H24N2O9/c1-3-6-9(20)12(14,15-5(2)17)10(8(19)7(18)4-16)24-13(6,23)11(21)22/h6-10,16,18-20,23H,3-4,14H2,1-2H3,(H,15,17)(H,21,22)/t6?,7-,8-,9+,10+,12+,13?/m1/s1. The lowest BCUT2D eigenvalue weighted by atomic mass is 9.75. The molecule has 0 aromatic heterocycles. The molecule has 0 spiro atoms. The molecule has 1 rings (SSSR count). The monoisotopic (exact) mass is 352 g/mol. The van der Waals surface area contributed by atoms with E-state index < -0.39 is 60.3 Å². The zero-order valence-corrected chi connectivity index (χ0v) is 13.3. The number of aliphatic hydroxyl groups is 5. The highest BCUT2D eigenvalue weighted by molar-refractivity contribution is 5.77. The van der Waals surface area contributed by atoms with Crippen LogP contribution in [0.4, 0.5) is 0 Å². The topological polar surface area (TPSA) is 203 Å². The van der Waals surface area contributed by atoms with Gasteiger partial charge in [0.1, 0.15) is 30.1 Å². The molecule has 1 aliphatic rings. The molecule has 0 saturated carbocycles. The van der Waals surface area contributed by atoms with Gasteiger partial charge in [-0.3, -0.25) is 4.79 Å². The van der Waals surface area contributed by atoms with E-state index in [-0.39, 0.29) is 6.42 Å². The first-order valence-corrected chi connectivity index (χ1v) is 7.31. The normalized spacial score (nSPS) is 39.1. The van der Waals surface area contributed by atoms with Gasteiger partial charge in [0, 0.05) is 6.92 Å². The van der Waals surface area contributed by atoms with Crippen LogP contribution in [0.2, 0.25) is 0 Å². The van der Waals surface area contributed by atoms with E-state index in [2.05, 4.69) is 5.32 Å². The number of carbonyl (C=O) groups excluding carboxylic acids is 1. The second kappa shape index (κ2) is 7.27. The van der Waals surface area contributed by atoms with Crippen molar-refractivity contribution in [1.29, 1.82) is 0 Å². The second-order valence-corrected chi connectivity index (χ2v) is 5.85. The summed E-state index contributed by atoms with van der Waals surface area (Å²) in [6.07, 6.45) is -7.69. The van der Waals surface area contributed by atoms with E-state index in [4.69, 9.17) is 15.6 Å². The first-order chi connectivity index (χ1) is 11.0. The van der Waals surface area contributed by atoms with Gasteiger partial charge in [-0.2, -0.15) is 0 Å². The van der Waals surface area contributed by atoms with E-state index in [1.807, 2.05) is 0 Å². The van der Waals surface area contributed by atoms with Crippen molar-refractivity contribution in [2.45, 2.75) is 56.1 Å². The Labute approximate surface area is 137 Å². The molecule has 11 heteroatoms. The van der Waals surface area contributed by atoms with Crippen molar-refractivity contribution in [3.63, 3.8) is 0 Å². The van der Waals surface area contributed by atoms with Gasteiger partial charge >= 0.3 is 5.97 Å². The molecular formula is C13H24N2O9. The van der Waals surface area contributed by atoms with Gasteiger partial charge in [0.15, 0.2) is 0 Å². The maximum absolute atomic E-state index is 11.4. The molecule has 0 aromatic rings. The number of hydrogen-bond donors (Lipinski definition) is 8. The molecule has 7 atom stereocenters. The Bertz CT molecular complexity index is 490. The zero-order chi connectivity index (χ0) is 18.9. The van der Waals surface area contributed by atoms with Gasteiger partial charge in [0.2, 0.25) is 5.91 Å². The highest BCUT2D eigenvalue weighted by Crippen LogP contribution is 2.40. The van der Waals surface area contributed by atoms with Crippen molar-refractivity contribution in [3.05, 3.63) is 0 Å². The third kappa shape index (κ3) is 3.37. The second-order valence-electron chi connectivity index (χ2n) is 5.85. The first kappa shape index (κ1) is 20.7. The minimum Gasteiger partial charge on any atom is -0.477 e. The molecule has 11 nitrogen and oxygen atoms in total. The van der Waals surface area contributed by atoms with Gasteiger partial charge in [0.05, 0.1) is 12.5 Å². The summed E-state index contributed by atoms with van der Waals surface area (Å²) < 4.78 is 5.05. The number of rotatable bonds is 6. The molecule has 24 heavy (non-hydrogen) atoms. The molecule has 2 unspecified atom stereocenters. The summed E-state index contributed by atoms with van der Waals surface area (Å²) in [5.41, 5.74) is 3.75. The maximum Gasteiger partial charge on any atom is 0.364 e. The number of ether oxygens (including phenoxy) is 1. The van der Waals surface area contributed by atoms with E-state index in [9.17, 15) is 35.1 Å². The quantitative estimate of drug-likeness (QED) is 0.218. The Morgan fingerprint density at radius 2 is 1.92 bits per heavy atom. The van der Waals surface area contributed by atoms with Crippen molar-refractivity contribution in [2.75, 3.05) is 6.61 Å². The summed E-state index contributed by atoms with van der Waals surface area (Å²) in [5, 5.41) is 60.9. The van der Waals surface area contributed by atoms with Crippen LogP contribution < -0.4 is 11.1 Å². The molecule has 1 heterocycles. The molecule has 0 aromatic carbocycles. The van der Waals surface area contributed by atoms with E-state index in [1.54, 1.807) is 0 Å². The molecule has 140 valence electrons. The van der Waals surface area contributed by atoms with Crippen LogP contribution in [-0.2, 0) is 14.3 Å². The van der Waals surface area contributed by atoms with Gasteiger partial charge in [-0.05, 0) is 6.42 Å². The molecule has 0 bridgehead atoms. The number of carboxylic acids is 1. The molecule has 1 saturated heterocycles. The Morgan fingerprint density at radius 3 is 2.29 bits per heavy atom. The van der Waals surface area contributed by atoms with Crippen LogP contribution in [0.15, 0.2) is 0 Å². The predicted octanol–water partition coefficient (Wildman–Crippen LogP) is -3.95. The molecule has 0 aliphatic carbocycles. The minimum absolute atomic E-state index is 0.0894. The van der Waals surface area contributed by atoms with Gasteiger partial charge in [-0.1, -0.05) is 6.92 Å². The lowest BCUT2D eigenvalue weighted by Crippen LogP contribution is -2.81. The minimum atomic E-state index is -2.92. The van der Waals surface area contributed by atoms with E-state index >= 15 is 0 Å². The fourth-order valence-electron chi connectivity index (χ4n) is 2.91. The van der Waals surface area contributed by atoms with Gasteiger partial charge in [-0.25, -0.2) is 4.79 Å². The Balaban J connectivity index is 3.43. The third-order valence-electron chi connectivity index (χ3n) is 4.18. The van der Waals surface area contributed by atoms with Crippen LogP contribution in [0.5, 0.6) is 0 Å². The lowest BCUT2D eigenvalue weighted by Gasteiger charge is -2.54. The Morgan fingerprint density at radius 1 is 1.38 bits per heavy atom. The van der Waals surface area contributed by atoms with Crippen molar-refractivity contribution in [3.8, 4) is 0 Å². The molecule has 0 radical (unpaired) electrons. The number of nitrogens with one attached hydrogen (secondary N) is 1. The number of aliphatic hydroxyl groups excluding tert-OH is 4. The molecule has 1 aliphatic heterocycles. The van der Waals surface area contributed by atoms with Gasteiger partial charge in [-0.15, -0.1) is 0 Å². The number of hydrogen-bond acceptors (Lipinski definition) is 9. The zero-order valence-electron chi connectivity index (χ0n) is 13.3. The number of carboxylic acid groups (broad SMARTS) is 1. The van der Waals surface area contributed by atoms with Crippen LogP contribution in [0.1, 0.15) is 20.3 Å². The summed E-state index contributed by atoms with van der Waals surface area (Å²) in [4.78, 5) is 22.9. The summed E-state index contributed by atoms with van der Waals surface area (Å²) in [6.45, 7) is 1.58.